The van der Waals surface area contributed by atoms with E-state index in [1.807, 2.05) is 0 Å². The molecule has 1 aromatic heterocycles. The Morgan fingerprint density at radius 2 is 1.81 bits per heavy atom. The number of hydrogen-bond acceptors (Lipinski definition) is 5. The smallest absolute Gasteiger partial charge is 0.230 e. The number of halogens is 1. The van der Waals surface area contributed by atoms with Gasteiger partial charge in [0.05, 0.1) is 0 Å². The molecule has 0 aliphatic carbocycles. The number of rotatable bonds is 5. The van der Waals surface area contributed by atoms with Crippen LogP contribution in [0.3, 0.4) is 0 Å². The van der Waals surface area contributed by atoms with Crippen molar-refractivity contribution in [1.29, 1.82) is 0 Å². The molecule has 2 rings (SSSR count). The molecule has 0 bridgehead atoms. The summed E-state index contributed by atoms with van der Waals surface area (Å²) in [5, 5.41) is 0.866. The normalized spacial score (nSPS) is 10.7. The van der Waals surface area contributed by atoms with Gasteiger partial charge in [-0.1, -0.05) is 12.1 Å². The Balaban J connectivity index is 2.34. The van der Waals surface area contributed by atoms with Crippen molar-refractivity contribution in [1.82, 2.24) is 15.0 Å². The molecule has 0 fully saturated rings. The predicted octanol–water partition coefficient (Wildman–Crippen LogP) is 4.14. The van der Waals surface area contributed by atoms with Crippen molar-refractivity contribution < 1.29 is 0 Å². The third kappa shape index (κ3) is 4.08. The van der Waals surface area contributed by atoms with Gasteiger partial charge in [-0.05, 0) is 68.3 Å². The zero-order chi connectivity index (χ0) is 15.4. The first kappa shape index (κ1) is 16.0. The zero-order valence-electron chi connectivity index (χ0n) is 12.7. The average molecular weight is 323 g/mol. The molecule has 4 nitrogen and oxygen atoms in total. The van der Waals surface area contributed by atoms with E-state index >= 15 is 0 Å². The fraction of sp³-hybridized carbons (Fsp3) is 0.400. The summed E-state index contributed by atoms with van der Waals surface area (Å²) in [5.74, 6) is 0.632. The molecule has 1 heterocycles. The van der Waals surface area contributed by atoms with Crippen LogP contribution in [-0.2, 0) is 0 Å². The summed E-state index contributed by atoms with van der Waals surface area (Å²) >= 11 is 7.56. The molecule has 21 heavy (non-hydrogen) atoms. The van der Waals surface area contributed by atoms with Crippen LogP contribution in [0.4, 0.5) is 5.95 Å². The number of aromatic nitrogens is 3. The van der Waals surface area contributed by atoms with E-state index in [0.717, 1.165) is 18.0 Å². The third-order valence-corrected chi connectivity index (χ3v) is 4.36. The molecule has 1 aromatic carbocycles. The Morgan fingerprint density at radius 1 is 1.10 bits per heavy atom. The van der Waals surface area contributed by atoms with Gasteiger partial charge in [0.2, 0.25) is 11.2 Å². The van der Waals surface area contributed by atoms with Gasteiger partial charge in [0, 0.05) is 18.0 Å². The summed E-state index contributed by atoms with van der Waals surface area (Å²) in [7, 11) is 0. The minimum absolute atomic E-state index is 0.236. The molecule has 0 amide bonds. The van der Waals surface area contributed by atoms with Crippen molar-refractivity contribution in [3.8, 4) is 0 Å². The summed E-state index contributed by atoms with van der Waals surface area (Å²) in [6.07, 6.45) is 0. The lowest BCUT2D eigenvalue weighted by atomic mass is 10.2. The molecule has 0 radical (unpaired) electrons. The van der Waals surface area contributed by atoms with Crippen molar-refractivity contribution in [2.45, 2.75) is 37.7 Å². The Kier molecular flexibility index (Phi) is 5.42. The number of aryl methyl sites for hydroxylation is 2. The van der Waals surface area contributed by atoms with Crippen LogP contribution in [0, 0.1) is 13.8 Å². The molecule has 6 heteroatoms. The maximum absolute atomic E-state index is 6.04. The quantitative estimate of drug-likeness (QED) is 0.827. The van der Waals surface area contributed by atoms with Crippen molar-refractivity contribution in [2.24, 2.45) is 0 Å². The molecule has 0 unspecified atom stereocenters. The standard InChI is InChI=1S/C15H19ClN4S/c1-5-20(6-2)14-17-13(16)18-15(19-14)21-12-9-10(3)7-8-11(12)4/h7-9H,5-6H2,1-4H3. The van der Waals surface area contributed by atoms with Crippen LogP contribution in [0.25, 0.3) is 0 Å². The molecule has 2 aromatic rings. The Hall–Kier alpha value is -1.33. The Morgan fingerprint density at radius 3 is 2.48 bits per heavy atom. The first-order valence-electron chi connectivity index (χ1n) is 6.95. The summed E-state index contributed by atoms with van der Waals surface area (Å²) < 4.78 is 0. The lowest BCUT2D eigenvalue weighted by molar-refractivity contribution is 0.782. The molecule has 0 saturated heterocycles. The van der Waals surface area contributed by atoms with Gasteiger partial charge in [0.1, 0.15) is 0 Å². The van der Waals surface area contributed by atoms with E-state index < -0.39 is 0 Å². The van der Waals surface area contributed by atoms with E-state index in [1.54, 1.807) is 0 Å². The maximum Gasteiger partial charge on any atom is 0.230 e. The van der Waals surface area contributed by atoms with Crippen LogP contribution in [0.2, 0.25) is 5.28 Å². The summed E-state index contributed by atoms with van der Waals surface area (Å²) in [6, 6.07) is 6.33. The van der Waals surface area contributed by atoms with Crippen molar-refractivity contribution in [3.63, 3.8) is 0 Å². The molecule has 0 saturated carbocycles. The topological polar surface area (TPSA) is 41.9 Å². The van der Waals surface area contributed by atoms with E-state index in [2.05, 4.69) is 65.7 Å². The van der Waals surface area contributed by atoms with Gasteiger partial charge >= 0.3 is 0 Å². The van der Waals surface area contributed by atoms with Crippen LogP contribution < -0.4 is 4.90 Å². The van der Waals surface area contributed by atoms with Gasteiger partial charge in [0.15, 0.2) is 5.16 Å². The first-order chi connectivity index (χ1) is 10.0. The van der Waals surface area contributed by atoms with Crippen LogP contribution in [0.15, 0.2) is 28.3 Å². The fourth-order valence-electron chi connectivity index (χ4n) is 1.93. The minimum atomic E-state index is 0.236. The second-order valence-corrected chi connectivity index (χ2v) is 6.08. The average Bonchev–Trinajstić information content (AvgIpc) is 2.44. The second kappa shape index (κ2) is 7.09. The van der Waals surface area contributed by atoms with Crippen LogP contribution >= 0.6 is 23.4 Å². The summed E-state index contributed by atoms with van der Waals surface area (Å²) in [6.45, 7) is 9.97. The van der Waals surface area contributed by atoms with Crippen LogP contribution in [-0.4, -0.2) is 28.0 Å². The van der Waals surface area contributed by atoms with E-state index in [4.69, 9.17) is 11.6 Å². The molecule has 0 aliphatic rings. The molecule has 0 aliphatic heterocycles. The molecule has 0 N–H and O–H groups in total. The predicted molar refractivity (Wildman–Crippen MR) is 88.4 cm³/mol. The largest absolute Gasteiger partial charge is 0.341 e. The minimum Gasteiger partial charge on any atom is -0.341 e. The van der Waals surface area contributed by atoms with E-state index in [9.17, 15) is 0 Å². The molecule has 0 atom stereocenters. The monoisotopic (exact) mass is 322 g/mol. The number of nitrogens with zero attached hydrogens (tertiary/aromatic N) is 4. The molecule has 0 spiro atoms. The highest BCUT2D eigenvalue weighted by atomic mass is 35.5. The van der Waals surface area contributed by atoms with Crippen LogP contribution in [0.5, 0.6) is 0 Å². The lowest BCUT2D eigenvalue weighted by Crippen LogP contribution is -2.24. The maximum atomic E-state index is 6.04. The van der Waals surface area contributed by atoms with E-state index in [-0.39, 0.29) is 5.28 Å². The van der Waals surface area contributed by atoms with E-state index in [1.165, 1.54) is 22.9 Å². The third-order valence-electron chi connectivity index (χ3n) is 3.17. The van der Waals surface area contributed by atoms with E-state index in [0.29, 0.717) is 11.1 Å². The lowest BCUT2D eigenvalue weighted by Gasteiger charge is -2.18. The Labute approximate surface area is 135 Å². The van der Waals surface area contributed by atoms with Gasteiger partial charge in [-0.2, -0.15) is 15.0 Å². The van der Waals surface area contributed by atoms with Crippen molar-refractivity contribution in [3.05, 3.63) is 34.6 Å². The van der Waals surface area contributed by atoms with Gasteiger partial charge < -0.3 is 4.90 Å². The highest BCUT2D eigenvalue weighted by molar-refractivity contribution is 7.99. The fourth-order valence-corrected chi connectivity index (χ4v) is 3.07. The van der Waals surface area contributed by atoms with Crippen molar-refractivity contribution in [2.75, 3.05) is 18.0 Å². The highest BCUT2D eigenvalue weighted by Crippen LogP contribution is 2.29. The van der Waals surface area contributed by atoms with Gasteiger partial charge in [-0.3, -0.25) is 0 Å². The zero-order valence-corrected chi connectivity index (χ0v) is 14.3. The van der Waals surface area contributed by atoms with Gasteiger partial charge in [-0.15, -0.1) is 0 Å². The first-order valence-corrected chi connectivity index (χ1v) is 8.14. The molecule has 112 valence electrons. The van der Waals surface area contributed by atoms with Gasteiger partial charge in [-0.25, -0.2) is 0 Å². The second-order valence-electron chi connectivity index (χ2n) is 4.73. The molecular weight excluding hydrogens is 304 g/mol. The van der Waals surface area contributed by atoms with Gasteiger partial charge in [0.25, 0.3) is 0 Å². The molecular formula is C15H19ClN4S. The van der Waals surface area contributed by atoms with Crippen molar-refractivity contribution >= 4 is 29.3 Å². The summed E-state index contributed by atoms with van der Waals surface area (Å²) in [5.41, 5.74) is 2.42. The number of hydrogen-bond donors (Lipinski definition) is 0. The van der Waals surface area contributed by atoms with Crippen LogP contribution in [0.1, 0.15) is 25.0 Å². The Bertz CT molecular complexity index is 629. The highest BCUT2D eigenvalue weighted by Gasteiger charge is 2.12. The SMILES string of the molecule is CCN(CC)c1nc(Cl)nc(Sc2cc(C)ccc2C)n1. The number of benzene rings is 1. The summed E-state index contributed by atoms with van der Waals surface area (Å²) in [4.78, 5) is 16.2. The number of anilines is 1.